The lowest BCUT2D eigenvalue weighted by molar-refractivity contribution is 0.656. The van der Waals surface area contributed by atoms with E-state index in [1.54, 1.807) is 0 Å². The van der Waals surface area contributed by atoms with Crippen LogP contribution in [0.5, 0.6) is 0 Å². The van der Waals surface area contributed by atoms with Crippen LogP contribution in [0.2, 0.25) is 26.2 Å². The molecule has 0 atom stereocenters. The largest absolute Gasteiger partial charge is 0.456 e. The lowest BCUT2D eigenvalue weighted by Gasteiger charge is -2.27. The van der Waals surface area contributed by atoms with E-state index in [-0.39, 0.29) is 0 Å². The Bertz CT molecular complexity index is 4140. The van der Waals surface area contributed by atoms with Crippen molar-refractivity contribution in [2.45, 2.75) is 26.2 Å². The number of hydrogen-bond donors (Lipinski definition) is 0. The maximum atomic E-state index is 6.73. The summed E-state index contributed by atoms with van der Waals surface area (Å²) in [5.74, 6) is 0. The topological polar surface area (TPSA) is 32.8 Å². The van der Waals surface area contributed by atoms with Crippen molar-refractivity contribution in [3.05, 3.63) is 218 Å². The van der Waals surface area contributed by atoms with Gasteiger partial charge in [0.1, 0.15) is 38.5 Å². The molecule has 4 nitrogen and oxygen atoms in total. The molecular formula is C66H48N2O2Si2. The second kappa shape index (κ2) is 15.0. The zero-order valence-corrected chi connectivity index (χ0v) is 42.5. The van der Waals surface area contributed by atoms with Gasteiger partial charge in [-0.3, -0.25) is 0 Å². The molecule has 0 aliphatic carbocycles. The minimum absolute atomic E-state index is 0.816. The maximum absolute atomic E-state index is 6.73. The predicted molar refractivity (Wildman–Crippen MR) is 310 cm³/mol. The molecule has 0 bridgehead atoms. The standard InChI is InChI=1S/C66H48N2O2Si2/c1-71(2)63-21-13-11-19-51(63)57-37-49(27-29-65(57)71)67(45-15-7-5-8-16-45)47-25-23-41-33-53-55-39-56-54-34-42-24-26-48(32-44(42)36-60(54)70-62(56)40-61(55)69-59(53)35-43(41)31-47)68(46-17-9-6-10-18-46)50-28-30-66-58(38-50)52-20-12-14-22-64(52)72(66,3)4/h5-40H,1-4H3. The average molecular weight is 957 g/mol. The van der Waals surface area contributed by atoms with Gasteiger partial charge in [-0.1, -0.05) is 135 Å². The highest BCUT2D eigenvalue weighted by Crippen LogP contribution is 2.44. The first-order chi connectivity index (χ1) is 35.2. The number of fused-ring (bicyclic) bond motifs is 14. The summed E-state index contributed by atoms with van der Waals surface area (Å²) in [7, 11) is -3.57. The number of rotatable bonds is 6. The minimum atomic E-state index is -1.78. The summed E-state index contributed by atoms with van der Waals surface area (Å²) in [6, 6.07) is 80.6. The van der Waals surface area contributed by atoms with Crippen molar-refractivity contribution in [3.63, 3.8) is 0 Å². The molecule has 0 radical (unpaired) electrons. The fraction of sp³-hybridized carbons (Fsp3) is 0.0606. The van der Waals surface area contributed by atoms with E-state index in [4.69, 9.17) is 8.83 Å². The van der Waals surface area contributed by atoms with Gasteiger partial charge in [0.25, 0.3) is 0 Å². The van der Waals surface area contributed by atoms with E-state index in [2.05, 4.69) is 254 Å². The molecule has 0 saturated heterocycles. The van der Waals surface area contributed by atoms with Crippen molar-refractivity contribution < 1.29 is 8.83 Å². The number of benzene rings is 11. The SMILES string of the molecule is C[Si]1(C)c2ccccc2-c2cc(N(c3ccccc3)c3ccc4cc5c(cc4c3)oc3cc4oc6cc7cc(N(c8ccccc8)c8ccc9c(c8)-c8ccccc8[Si]9(C)C)ccc7cc6c4cc35)ccc21. The van der Waals surface area contributed by atoms with Crippen LogP contribution in [0.25, 0.3) is 87.7 Å². The first-order valence-electron chi connectivity index (χ1n) is 25.1. The fourth-order valence-corrected chi connectivity index (χ4v) is 18.7. The zero-order valence-electron chi connectivity index (χ0n) is 40.5. The molecule has 4 heterocycles. The van der Waals surface area contributed by atoms with E-state index >= 15 is 0 Å². The molecule has 13 aromatic rings. The summed E-state index contributed by atoms with van der Waals surface area (Å²) in [6.45, 7) is 9.89. The van der Waals surface area contributed by atoms with Crippen LogP contribution in [0.15, 0.2) is 227 Å². The van der Waals surface area contributed by atoms with Crippen molar-refractivity contribution in [2.24, 2.45) is 0 Å². The molecule has 2 aliphatic rings. The Morgan fingerprint density at radius 1 is 0.264 bits per heavy atom. The van der Waals surface area contributed by atoms with Gasteiger partial charge in [-0.15, -0.1) is 0 Å². The Morgan fingerprint density at radius 2 is 0.625 bits per heavy atom. The molecule has 11 aromatic carbocycles. The fourth-order valence-electron chi connectivity index (χ4n) is 12.5. The van der Waals surface area contributed by atoms with E-state index < -0.39 is 16.1 Å². The van der Waals surface area contributed by atoms with E-state index in [0.29, 0.717) is 0 Å². The monoisotopic (exact) mass is 956 g/mol. The Morgan fingerprint density at radius 3 is 1.08 bits per heavy atom. The molecule has 6 heteroatoms. The lowest BCUT2D eigenvalue weighted by atomic mass is 10.0. The first-order valence-corrected chi connectivity index (χ1v) is 31.1. The van der Waals surface area contributed by atoms with Gasteiger partial charge in [0.2, 0.25) is 0 Å². The second-order valence-electron chi connectivity index (χ2n) is 21.0. The van der Waals surface area contributed by atoms with Crippen molar-refractivity contribution in [1.82, 2.24) is 0 Å². The highest BCUT2D eigenvalue weighted by molar-refractivity contribution is 7.04. The van der Waals surface area contributed by atoms with Gasteiger partial charge in [0, 0.05) is 61.7 Å². The molecule has 0 spiro atoms. The van der Waals surface area contributed by atoms with Crippen molar-refractivity contribution >= 4 is 136 Å². The van der Waals surface area contributed by atoms with Crippen LogP contribution in [0, 0.1) is 0 Å². The van der Waals surface area contributed by atoms with E-state index in [0.717, 1.165) is 99.5 Å². The van der Waals surface area contributed by atoms with Crippen LogP contribution < -0.4 is 30.5 Å². The highest BCUT2D eigenvalue weighted by Gasteiger charge is 2.39. The Kier molecular flexibility index (Phi) is 8.64. The molecule has 15 rings (SSSR count). The second-order valence-corrected chi connectivity index (χ2v) is 29.6. The van der Waals surface area contributed by atoms with Gasteiger partial charge in [-0.2, -0.15) is 0 Å². The molecule has 72 heavy (non-hydrogen) atoms. The number of hydrogen-bond acceptors (Lipinski definition) is 4. The first kappa shape index (κ1) is 41.4. The number of para-hydroxylation sites is 2. The van der Waals surface area contributed by atoms with Crippen LogP contribution >= 0.6 is 0 Å². The number of nitrogens with zero attached hydrogens (tertiary/aromatic N) is 2. The molecule has 2 aromatic heterocycles. The van der Waals surface area contributed by atoms with E-state index in [1.807, 2.05) is 0 Å². The Balaban J connectivity index is 0.808. The van der Waals surface area contributed by atoms with Gasteiger partial charge >= 0.3 is 0 Å². The molecule has 0 fully saturated rings. The van der Waals surface area contributed by atoms with Gasteiger partial charge in [-0.25, -0.2) is 0 Å². The minimum Gasteiger partial charge on any atom is -0.456 e. The molecule has 342 valence electrons. The van der Waals surface area contributed by atoms with Gasteiger partial charge in [0.15, 0.2) is 0 Å². The van der Waals surface area contributed by atoms with Crippen LogP contribution in [0.4, 0.5) is 34.1 Å². The third-order valence-corrected chi connectivity index (χ3v) is 23.3. The third kappa shape index (κ3) is 6.03. The van der Waals surface area contributed by atoms with Crippen molar-refractivity contribution in [3.8, 4) is 22.3 Å². The van der Waals surface area contributed by atoms with E-state index in [9.17, 15) is 0 Å². The number of furan rings is 2. The van der Waals surface area contributed by atoms with Gasteiger partial charge in [0.05, 0.1) is 0 Å². The summed E-state index contributed by atoms with van der Waals surface area (Å²) in [5, 5.41) is 15.0. The summed E-state index contributed by atoms with van der Waals surface area (Å²) in [4.78, 5) is 4.77. The molecule has 2 aliphatic heterocycles. The summed E-state index contributed by atoms with van der Waals surface area (Å²) in [6.07, 6.45) is 0. The van der Waals surface area contributed by atoms with Crippen molar-refractivity contribution in [2.75, 3.05) is 9.80 Å². The Labute approximate surface area is 419 Å². The van der Waals surface area contributed by atoms with Crippen LogP contribution in [0.1, 0.15) is 0 Å². The molecule has 0 amide bonds. The van der Waals surface area contributed by atoms with Gasteiger partial charge in [-0.05, 0) is 168 Å². The molecule has 0 saturated carbocycles. The Hall–Kier alpha value is -8.43. The molecule has 0 unspecified atom stereocenters. The van der Waals surface area contributed by atoms with Crippen LogP contribution in [-0.4, -0.2) is 16.1 Å². The maximum Gasteiger partial charge on any atom is 0.139 e. The summed E-state index contributed by atoms with van der Waals surface area (Å²) in [5.41, 5.74) is 15.6. The molecule has 0 N–H and O–H groups in total. The normalized spacial score (nSPS) is 14.1. The van der Waals surface area contributed by atoms with Crippen LogP contribution in [0.3, 0.4) is 0 Å². The van der Waals surface area contributed by atoms with E-state index in [1.165, 1.54) is 43.0 Å². The summed E-state index contributed by atoms with van der Waals surface area (Å²) < 4.78 is 13.5. The van der Waals surface area contributed by atoms with Gasteiger partial charge < -0.3 is 18.6 Å². The third-order valence-electron chi connectivity index (χ3n) is 16.1. The predicted octanol–water partition coefficient (Wildman–Crippen LogP) is 16.3. The lowest BCUT2D eigenvalue weighted by Crippen LogP contribution is -2.49. The quantitative estimate of drug-likeness (QED) is 0.156. The number of anilines is 6. The summed E-state index contributed by atoms with van der Waals surface area (Å²) >= 11 is 0. The van der Waals surface area contributed by atoms with Crippen molar-refractivity contribution in [1.29, 1.82) is 0 Å². The smallest absolute Gasteiger partial charge is 0.139 e. The van der Waals surface area contributed by atoms with Crippen LogP contribution in [-0.2, 0) is 0 Å². The molecular weight excluding hydrogens is 909 g/mol. The highest BCUT2D eigenvalue weighted by atomic mass is 28.3. The average Bonchev–Trinajstić information content (AvgIpc) is 4.08. The zero-order chi connectivity index (χ0) is 48.0.